The van der Waals surface area contributed by atoms with E-state index in [4.69, 9.17) is 5.26 Å². The van der Waals surface area contributed by atoms with Crippen LogP contribution in [0.1, 0.15) is 23.5 Å². The van der Waals surface area contributed by atoms with Crippen LogP contribution in [0.4, 0.5) is 0 Å². The lowest BCUT2D eigenvalue weighted by atomic mass is 9.87. The van der Waals surface area contributed by atoms with E-state index in [0.29, 0.717) is 0 Å². The van der Waals surface area contributed by atoms with Gasteiger partial charge in [-0.3, -0.25) is 0 Å². The molecule has 1 aliphatic carbocycles. The highest BCUT2D eigenvalue weighted by atomic mass is 15.0. The second-order valence-electron chi connectivity index (χ2n) is 7.41. The predicted molar refractivity (Wildman–Crippen MR) is 116 cm³/mol. The molecular formula is C26H20N2. The van der Waals surface area contributed by atoms with Crippen molar-refractivity contribution in [1.29, 1.82) is 5.26 Å². The second-order valence-corrected chi connectivity index (χ2v) is 7.41. The number of para-hydroxylation sites is 1. The van der Waals surface area contributed by atoms with Crippen LogP contribution >= 0.6 is 0 Å². The van der Waals surface area contributed by atoms with Gasteiger partial charge in [0.25, 0.3) is 0 Å². The molecule has 0 saturated heterocycles. The highest BCUT2D eigenvalue weighted by Gasteiger charge is 2.19. The summed E-state index contributed by atoms with van der Waals surface area (Å²) >= 11 is 0. The minimum absolute atomic E-state index is 0.288. The first-order valence-corrected chi connectivity index (χ1v) is 9.64. The molecule has 2 nitrogen and oxygen atoms in total. The Kier molecular flexibility index (Phi) is 3.88. The molecule has 0 fully saturated rings. The normalized spacial score (nSPS) is 16.3. The summed E-state index contributed by atoms with van der Waals surface area (Å²) in [6, 6.07) is 26.1. The Hall–Kier alpha value is -3.57. The third kappa shape index (κ3) is 2.56. The molecule has 1 aliphatic rings. The molecule has 3 aromatic carbocycles. The lowest BCUT2D eigenvalue weighted by molar-refractivity contribution is 0.857. The van der Waals surface area contributed by atoms with Gasteiger partial charge in [-0.25, -0.2) is 0 Å². The third-order valence-corrected chi connectivity index (χ3v) is 5.62. The van der Waals surface area contributed by atoms with Crippen LogP contribution in [0.2, 0.25) is 0 Å². The fourth-order valence-corrected chi connectivity index (χ4v) is 4.31. The van der Waals surface area contributed by atoms with E-state index in [9.17, 15) is 0 Å². The molecule has 0 bridgehead atoms. The fourth-order valence-electron chi connectivity index (χ4n) is 4.31. The van der Waals surface area contributed by atoms with Crippen LogP contribution in [-0.2, 0) is 0 Å². The topological polar surface area (TPSA) is 28.7 Å². The summed E-state index contributed by atoms with van der Waals surface area (Å²) in [6.45, 7) is 2.15. The van der Waals surface area contributed by atoms with E-state index in [0.717, 1.165) is 12.0 Å². The van der Waals surface area contributed by atoms with Crippen molar-refractivity contribution in [1.82, 2.24) is 4.57 Å². The first-order chi connectivity index (χ1) is 13.8. The van der Waals surface area contributed by atoms with Crippen molar-refractivity contribution in [2.24, 2.45) is 0 Å². The number of nitriles is 1. The van der Waals surface area contributed by atoms with Gasteiger partial charge in [-0.2, -0.15) is 5.26 Å². The summed E-state index contributed by atoms with van der Waals surface area (Å²) in [7, 11) is 0. The molecule has 0 radical (unpaired) electrons. The fraction of sp³-hybridized carbons (Fsp3) is 0.115. The van der Waals surface area contributed by atoms with Crippen molar-refractivity contribution in [2.75, 3.05) is 0 Å². The van der Waals surface area contributed by atoms with E-state index in [-0.39, 0.29) is 5.92 Å². The Morgan fingerprint density at radius 1 is 0.964 bits per heavy atom. The van der Waals surface area contributed by atoms with Gasteiger partial charge in [-0.1, -0.05) is 54.1 Å². The smallest absolute Gasteiger partial charge is 0.0988 e. The van der Waals surface area contributed by atoms with Crippen LogP contribution in [0.3, 0.4) is 0 Å². The largest absolute Gasteiger partial charge is 0.309 e. The number of benzene rings is 3. The Morgan fingerprint density at radius 2 is 1.82 bits per heavy atom. The van der Waals surface area contributed by atoms with Crippen LogP contribution in [0.15, 0.2) is 90.5 Å². The monoisotopic (exact) mass is 360 g/mol. The van der Waals surface area contributed by atoms with Crippen LogP contribution in [0, 0.1) is 18.3 Å². The van der Waals surface area contributed by atoms with E-state index < -0.39 is 0 Å². The zero-order valence-electron chi connectivity index (χ0n) is 15.8. The molecule has 28 heavy (non-hydrogen) atoms. The number of rotatable bonds is 2. The second kappa shape index (κ2) is 6.55. The summed E-state index contributed by atoms with van der Waals surface area (Å²) < 4.78 is 2.36. The molecule has 1 unspecified atom stereocenters. The Morgan fingerprint density at radius 3 is 2.57 bits per heavy atom. The molecule has 2 heteroatoms. The van der Waals surface area contributed by atoms with Gasteiger partial charge in [-0.15, -0.1) is 0 Å². The van der Waals surface area contributed by atoms with E-state index >= 15 is 0 Å². The van der Waals surface area contributed by atoms with Crippen molar-refractivity contribution >= 4 is 21.8 Å². The molecule has 0 N–H and O–H groups in total. The van der Waals surface area contributed by atoms with Crippen molar-refractivity contribution in [3.8, 4) is 11.8 Å². The summed E-state index contributed by atoms with van der Waals surface area (Å²) in [4.78, 5) is 0. The van der Waals surface area contributed by atoms with Crippen LogP contribution in [-0.4, -0.2) is 4.57 Å². The number of allylic oxidation sites excluding steroid dienone is 4. The van der Waals surface area contributed by atoms with Crippen molar-refractivity contribution in [3.63, 3.8) is 0 Å². The standard InChI is InChI=1S/C26H20N2/c1-18-10-15-24-23(16-18)26-22(20-13-11-19(17-27)12-14-20)8-5-9-25(26)28(24)21-6-3-2-4-7-21/h2-13,15-16,20H,14H2,1H3. The molecule has 5 rings (SSSR count). The maximum atomic E-state index is 9.15. The molecular weight excluding hydrogens is 340 g/mol. The van der Waals surface area contributed by atoms with Crippen LogP contribution in [0.25, 0.3) is 27.5 Å². The number of fused-ring (bicyclic) bond motifs is 3. The summed E-state index contributed by atoms with van der Waals surface area (Å²) in [5.74, 6) is 0.288. The van der Waals surface area contributed by atoms with Gasteiger partial charge in [0.15, 0.2) is 0 Å². The average molecular weight is 360 g/mol. The van der Waals surface area contributed by atoms with Gasteiger partial charge in [0.2, 0.25) is 0 Å². The first-order valence-electron chi connectivity index (χ1n) is 9.64. The van der Waals surface area contributed by atoms with E-state index in [1.54, 1.807) is 0 Å². The number of hydrogen-bond acceptors (Lipinski definition) is 1. The maximum Gasteiger partial charge on any atom is 0.0988 e. The van der Waals surface area contributed by atoms with Gasteiger partial charge in [0.1, 0.15) is 0 Å². The van der Waals surface area contributed by atoms with Crippen molar-refractivity contribution < 1.29 is 0 Å². The highest BCUT2D eigenvalue weighted by molar-refractivity contribution is 6.11. The molecule has 1 aromatic heterocycles. The lowest BCUT2D eigenvalue weighted by Crippen LogP contribution is -1.99. The summed E-state index contributed by atoms with van der Waals surface area (Å²) in [5.41, 5.74) is 6.98. The minimum atomic E-state index is 0.288. The highest BCUT2D eigenvalue weighted by Crippen LogP contribution is 2.39. The Balaban J connectivity index is 1.83. The van der Waals surface area contributed by atoms with Gasteiger partial charge in [0.05, 0.1) is 17.1 Å². The first kappa shape index (κ1) is 16.6. The SMILES string of the molecule is Cc1ccc2c(c1)c1c(C3C=CC(C#N)=CC3)cccc1n2-c1ccccc1. The molecule has 0 saturated carbocycles. The number of aryl methyl sites for hydroxylation is 1. The van der Waals surface area contributed by atoms with Gasteiger partial charge >= 0.3 is 0 Å². The quantitative estimate of drug-likeness (QED) is 0.396. The maximum absolute atomic E-state index is 9.15. The third-order valence-electron chi connectivity index (χ3n) is 5.62. The van der Waals surface area contributed by atoms with E-state index in [1.807, 2.05) is 12.2 Å². The molecule has 0 spiro atoms. The molecule has 0 aliphatic heterocycles. The number of hydrogen-bond donors (Lipinski definition) is 0. The van der Waals surface area contributed by atoms with Gasteiger partial charge in [0, 0.05) is 28.0 Å². The van der Waals surface area contributed by atoms with Crippen LogP contribution in [0.5, 0.6) is 0 Å². The predicted octanol–water partition coefficient (Wildman–Crippen LogP) is 6.59. The number of aromatic nitrogens is 1. The molecule has 134 valence electrons. The Labute approximate surface area is 164 Å². The van der Waals surface area contributed by atoms with Gasteiger partial charge < -0.3 is 4.57 Å². The van der Waals surface area contributed by atoms with Crippen molar-refractivity contribution in [2.45, 2.75) is 19.3 Å². The van der Waals surface area contributed by atoms with E-state index in [1.165, 1.54) is 38.6 Å². The minimum Gasteiger partial charge on any atom is -0.309 e. The van der Waals surface area contributed by atoms with E-state index in [2.05, 4.69) is 90.4 Å². The lowest BCUT2D eigenvalue weighted by Gasteiger charge is -2.16. The Bertz CT molecular complexity index is 1300. The summed E-state index contributed by atoms with van der Waals surface area (Å²) in [6.07, 6.45) is 7.04. The molecule has 1 atom stereocenters. The zero-order valence-corrected chi connectivity index (χ0v) is 15.8. The molecule has 1 heterocycles. The van der Waals surface area contributed by atoms with Crippen molar-refractivity contribution in [3.05, 3.63) is 102 Å². The van der Waals surface area contributed by atoms with Crippen LogP contribution < -0.4 is 0 Å². The van der Waals surface area contributed by atoms with Gasteiger partial charge in [-0.05, 0) is 55.3 Å². The zero-order chi connectivity index (χ0) is 19.1. The molecule has 0 amide bonds. The average Bonchev–Trinajstić information content (AvgIpc) is 3.08. The molecule has 4 aromatic rings. The number of nitrogens with zero attached hydrogens (tertiary/aromatic N) is 2. The summed E-state index contributed by atoms with van der Waals surface area (Å²) in [5, 5.41) is 11.8.